The molecule has 0 saturated carbocycles. The molecule has 3 nitrogen and oxygen atoms in total. The Hall–Kier alpha value is -1.24. The van der Waals surface area contributed by atoms with Crippen LogP contribution in [0, 0.1) is 17.2 Å². The molecule has 1 aromatic carbocycles. The molecule has 84 valence electrons. The molecule has 0 heterocycles. The Balaban J connectivity index is 2.74. The van der Waals surface area contributed by atoms with E-state index in [2.05, 4.69) is 5.32 Å². The van der Waals surface area contributed by atoms with Gasteiger partial charge in [-0.25, -0.2) is 0 Å². The topological polar surface area (TPSA) is 52.9 Å². The summed E-state index contributed by atoms with van der Waals surface area (Å²) in [5.41, 5.74) is 0.501. The summed E-state index contributed by atoms with van der Waals surface area (Å²) in [5, 5.41) is 12.0. The van der Waals surface area contributed by atoms with Crippen LogP contribution in [0.25, 0.3) is 0 Å². The summed E-state index contributed by atoms with van der Waals surface area (Å²) in [6, 6.07) is 6.76. The van der Waals surface area contributed by atoms with Crippen LogP contribution in [0.2, 0.25) is 10.0 Å². The number of hydrogen-bond donors (Lipinski definition) is 1. The third kappa shape index (κ3) is 3.41. The molecule has 0 radical (unpaired) electrons. The van der Waals surface area contributed by atoms with Gasteiger partial charge in [0.2, 0.25) is 5.91 Å². The van der Waals surface area contributed by atoms with Crippen LogP contribution in [0.4, 0.5) is 5.69 Å². The largest absolute Gasteiger partial charge is 0.325 e. The summed E-state index contributed by atoms with van der Waals surface area (Å²) in [6.45, 7) is 1.68. The predicted octanol–water partition coefficient (Wildman–Crippen LogP) is 3.48. The van der Waals surface area contributed by atoms with Gasteiger partial charge in [-0.1, -0.05) is 30.1 Å². The maximum Gasteiger partial charge on any atom is 0.228 e. The lowest BCUT2D eigenvalue weighted by molar-refractivity contribution is -0.119. The molecule has 1 amide bonds. The minimum atomic E-state index is -0.364. The van der Waals surface area contributed by atoms with E-state index in [1.165, 1.54) is 0 Å². The van der Waals surface area contributed by atoms with Crippen LogP contribution in [0.1, 0.15) is 13.3 Å². The average molecular weight is 257 g/mol. The van der Waals surface area contributed by atoms with E-state index in [-0.39, 0.29) is 18.2 Å². The fourth-order valence-corrected chi connectivity index (χ4v) is 1.53. The van der Waals surface area contributed by atoms with Crippen molar-refractivity contribution in [3.63, 3.8) is 0 Å². The number of nitriles is 1. The highest BCUT2D eigenvalue weighted by molar-refractivity contribution is 6.36. The van der Waals surface area contributed by atoms with Crippen LogP contribution in [-0.2, 0) is 4.79 Å². The van der Waals surface area contributed by atoms with Crippen LogP contribution in [0.3, 0.4) is 0 Å². The summed E-state index contributed by atoms with van der Waals surface area (Å²) < 4.78 is 0. The molecule has 1 atom stereocenters. The lowest BCUT2D eigenvalue weighted by atomic mass is 10.1. The summed E-state index contributed by atoms with van der Waals surface area (Å²) in [5.74, 6) is -0.595. The Morgan fingerprint density at radius 2 is 2.25 bits per heavy atom. The Bertz CT molecular complexity index is 440. The first-order valence-electron chi connectivity index (χ1n) is 4.67. The molecular weight excluding hydrogens is 247 g/mol. The van der Waals surface area contributed by atoms with Crippen molar-refractivity contribution in [2.24, 2.45) is 5.92 Å². The minimum Gasteiger partial charge on any atom is -0.325 e. The number of halogens is 2. The van der Waals surface area contributed by atoms with Gasteiger partial charge in [0.15, 0.2) is 0 Å². The van der Waals surface area contributed by atoms with E-state index in [1.54, 1.807) is 25.1 Å². The van der Waals surface area contributed by atoms with Crippen molar-refractivity contribution in [3.8, 4) is 6.07 Å². The molecule has 0 bridgehead atoms. The van der Waals surface area contributed by atoms with Crippen molar-refractivity contribution in [1.82, 2.24) is 0 Å². The molecular formula is C11H10Cl2N2O. The Labute approximate surface area is 104 Å². The SMILES string of the molecule is CC(CC#N)C(=O)Nc1ccc(Cl)cc1Cl. The van der Waals surface area contributed by atoms with Gasteiger partial charge in [0.05, 0.1) is 16.8 Å². The molecule has 1 unspecified atom stereocenters. The third-order valence-electron chi connectivity index (χ3n) is 2.03. The lowest BCUT2D eigenvalue weighted by Crippen LogP contribution is -2.20. The summed E-state index contributed by atoms with van der Waals surface area (Å²) in [7, 11) is 0. The average Bonchev–Trinajstić information content (AvgIpc) is 2.22. The maximum absolute atomic E-state index is 11.6. The zero-order chi connectivity index (χ0) is 12.1. The first kappa shape index (κ1) is 12.8. The van der Waals surface area contributed by atoms with Crippen LogP contribution in [0.5, 0.6) is 0 Å². The van der Waals surface area contributed by atoms with E-state index in [4.69, 9.17) is 28.5 Å². The van der Waals surface area contributed by atoms with Gasteiger partial charge < -0.3 is 5.32 Å². The van der Waals surface area contributed by atoms with Crippen LogP contribution in [-0.4, -0.2) is 5.91 Å². The van der Waals surface area contributed by atoms with Gasteiger partial charge in [-0.3, -0.25) is 4.79 Å². The highest BCUT2D eigenvalue weighted by atomic mass is 35.5. The first-order chi connectivity index (χ1) is 7.54. The highest BCUT2D eigenvalue weighted by Crippen LogP contribution is 2.25. The van der Waals surface area contributed by atoms with Crippen LogP contribution < -0.4 is 5.32 Å². The predicted molar refractivity (Wildman–Crippen MR) is 64.5 cm³/mol. The molecule has 0 aromatic heterocycles. The van der Waals surface area contributed by atoms with Gasteiger partial charge in [0.1, 0.15) is 0 Å². The summed E-state index contributed by atoms with van der Waals surface area (Å²) in [4.78, 5) is 11.6. The molecule has 0 aliphatic carbocycles. The Morgan fingerprint density at radius 3 is 2.81 bits per heavy atom. The molecule has 16 heavy (non-hydrogen) atoms. The zero-order valence-electron chi connectivity index (χ0n) is 8.63. The number of nitrogens with one attached hydrogen (secondary N) is 1. The van der Waals surface area contributed by atoms with Gasteiger partial charge in [0, 0.05) is 17.4 Å². The smallest absolute Gasteiger partial charge is 0.228 e. The van der Waals surface area contributed by atoms with Crippen molar-refractivity contribution < 1.29 is 4.79 Å². The normalized spacial score (nSPS) is 11.6. The summed E-state index contributed by atoms with van der Waals surface area (Å²) >= 11 is 11.6. The number of nitrogens with zero attached hydrogens (tertiary/aromatic N) is 1. The van der Waals surface area contributed by atoms with E-state index in [0.29, 0.717) is 15.7 Å². The van der Waals surface area contributed by atoms with Gasteiger partial charge in [-0.2, -0.15) is 5.26 Å². The van der Waals surface area contributed by atoms with Gasteiger partial charge in [-0.15, -0.1) is 0 Å². The Kier molecular flexibility index (Phi) is 4.60. The number of benzene rings is 1. The number of carbonyl (C=O) groups excluding carboxylic acids is 1. The Morgan fingerprint density at radius 1 is 1.56 bits per heavy atom. The zero-order valence-corrected chi connectivity index (χ0v) is 10.1. The van der Waals surface area contributed by atoms with Crippen LogP contribution in [0.15, 0.2) is 18.2 Å². The number of amides is 1. The molecule has 1 aromatic rings. The fraction of sp³-hybridized carbons (Fsp3) is 0.273. The molecule has 0 spiro atoms. The van der Waals surface area contributed by atoms with Gasteiger partial charge in [0.25, 0.3) is 0 Å². The maximum atomic E-state index is 11.6. The van der Waals surface area contributed by atoms with Crippen molar-refractivity contribution in [1.29, 1.82) is 5.26 Å². The number of anilines is 1. The molecule has 5 heteroatoms. The van der Waals surface area contributed by atoms with E-state index in [0.717, 1.165) is 0 Å². The monoisotopic (exact) mass is 256 g/mol. The van der Waals surface area contributed by atoms with Crippen molar-refractivity contribution >= 4 is 34.8 Å². The molecule has 0 aliphatic rings. The van der Waals surface area contributed by atoms with E-state index in [9.17, 15) is 4.79 Å². The first-order valence-corrected chi connectivity index (χ1v) is 5.43. The molecule has 0 aliphatic heterocycles. The van der Waals surface area contributed by atoms with E-state index < -0.39 is 0 Å². The molecule has 0 fully saturated rings. The number of hydrogen-bond acceptors (Lipinski definition) is 2. The molecule has 1 N–H and O–H groups in total. The molecule has 1 rings (SSSR count). The quantitative estimate of drug-likeness (QED) is 0.901. The van der Waals surface area contributed by atoms with Crippen molar-refractivity contribution in [3.05, 3.63) is 28.2 Å². The second kappa shape index (κ2) is 5.74. The number of carbonyl (C=O) groups is 1. The second-order valence-corrected chi connectivity index (χ2v) is 4.22. The van der Waals surface area contributed by atoms with Gasteiger partial charge in [-0.05, 0) is 18.2 Å². The fourth-order valence-electron chi connectivity index (χ4n) is 1.08. The minimum absolute atomic E-state index is 0.178. The van der Waals surface area contributed by atoms with E-state index in [1.807, 2.05) is 6.07 Å². The van der Waals surface area contributed by atoms with Crippen molar-refractivity contribution in [2.75, 3.05) is 5.32 Å². The second-order valence-electron chi connectivity index (χ2n) is 3.38. The van der Waals surface area contributed by atoms with Crippen LogP contribution >= 0.6 is 23.2 Å². The van der Waals surface area contributed by atoms with Gasteiger partial charge >= 0.3 is 0 Å². The lowest BCUT2D eigenvalue weighted by Gasteiger charge is -2.10. The summed E-state index contributed by atoms with van der Waals surface area (Å²) in [6.07, 6.45) is 0.178. The molecule has 0 saturated heterocycles. The third-order valence-corrected chi connectivity index (χ3v) is 2.58. The standard InChI is InChI=1S/C11H10Cl2N2O/c1-7(4-5-14)11(16)15-10-3-2-8(12)6-9(10)13/h2-3,6-7H,4H2,1H3,(H,15,16). The highest BCUT2D eigenvalue weighted by Gasteiger charge is 2.13. The van der Waals surface area contributed by atoms with E-state index >= 15 is 0 Å². The van der Waals surface area contributed by atoms with Crippen molar-refractivity contribution in [2.45, 2.75) is 13.3 Å². The number of rotatable bonds is 3.